The Kier molecular flexibility index (Phi) is 3.03. The van der Waals surface area contributed by atoms with E-state index in [1.165, 1.54) is 17.5 Å². The van der Waals surface area contributed by atoms with Crippen LogP contribution in [-0.2, 0) is 0 Å². The average molecular weight is 288 g/mol. The van der Waals surface area contributed by atoms with Gasteiger partial charge in [0.25, 0.3) is 5.91 Å². The molecule has 0 fully saturated rings. The Labute approximate surface area is 117 Å². The van der Waals surface area contributed by atoms with Crippen LogP contribution in [-0.4, -0.2) is 15.9 Å². The summed E-state index contributed by atoms with van der Waals surface area (Å²) in [6.45, 7) is 0. The fourth-order valence-corrected chi connectivity index (χ4v) is 2.61. The molecule has 1 aromatic carbocycles. The van der Waals surface area contributed by atoms with Crippen LogP contribution < -0.4 is 11.1 Å². The maximum absolute atomic E-state index is 13.0. The number of hydrogen-bond donors (Lipinski definition) is 2. The standard InChI is InChI=1S/C13H9FN4OS/c14-8-3-7(5-16-6-8)12(19)18-13-17-10-2-1-9(15)4-11(10)20-13/h1-6H,15H2,(H,17,18,19). The normalized spacial score (nSPS) is 10.7. The van der Waals surface area contributed by atoms with Gasteiger partial charge in [0.05, 0.1) is 22.0 Å². The molecule has 7 heteroatoms. The van der Waals surface area contributed by atoms with E-state index in [1.807, 2.05) is 0 Å². The lowest BCUT2D eigenvalue weighted by molar-refractivity contribution is 0.102. The zero-order chi connectivity index (χ0) is 14.1. The summed E-state index contributed by atoms with van der Waals surface area (Å²) in [4.78, 5) is 19.8. The smallest absolute Gasteiger partial charge is 0.259 e. The Balaban J connectivity index is 1.87. The van der Waals surface area contributed by atoms with Gasteiger partial charge in [-0.1, -0.05) is 11.3 Å². The van der Waals surface area contributed by atoms with E-state index in [9.17, 15) is 9.18 Å². The quantitative estimate of drug-likeness (QED) is 0.710. The van der Waals surface area contributed by atoms with Crippen LogP contribution in [0.4, 0.5) is 15.2 Å². The minimum absolute atomic E-state index is 0.142. The average Bonchev–Trinajstić information content (AvgIpc) is 2.80. The highest BCUT2D eigenvalue weighted by molar-refractivity contribution is 7.22. The lowest BCUT2D eigenvalue weighted by Gasteiger charge is -2.00. The third kappa shape index (κ3) is 2.43. The lowest BCUT2D eigenvalue weighted by atomic mass is 10.3. The van der Waals surface area contributed by atoms with Crippen molar-refractivity contribution in [3.63, 3.8) is 0 Å². The summed E-state index contributed by atoms with van der Waals surface area (Å²) in [5.41, 5.74) is 7.21. The second kappa shape index (κ2) is 4.86. The van der Waals surface area contributed by atoms with E-state index in [1.54, 1.807) is 18.2 Å². The van der Waals surface area contributed by atoms with E-state index >= 15 is 0 Å². The maximum atomic E-state index is 13.0. The molecule has 3 N–H and O–H groups in total. The number of nitrogens with zero attached hydrogens (tertiary/aromatic N) is 2. The zero-order valence-electron chi connectivity index (χ0n) is 10.1. The van der Waals surface area contributed by atoms with Crippen LogP contribution in [0.3, 0.4) is 0 Å². The van der Waals surface area contributed by atoms with Crippen molar-refractivity contribution in [3.8, 4) is 0 Å². The van der Waals surface area contributed by atoms with E-state index in [0.717, 1.165) is 22.5 Å². The first kappa shape index (κ1) is 12.5. The van der Waals surface area contributed by atoms with Crippen LogP contribution in [0.25, 0.3) is 10.2 Å². The number of hydrogen-bond acceptors (Lipinski definition) is 5. The molecule has 0 unspecified atom stereocenters. The number of rotatable bonds is 2. The van der Waals surface area contributed by atoms with Crippen molar-refractivity contribution < 1.29 is 9.18 Å². The Bertz CT molecular complexity index is 802. The minimum atomic E-state index is -0.560. The predicted molar refractivity (Wildman–Crippen MR) is 76.2 cm³/mol. The monoisotopic (exact) mass is 288 g/mol. The molecule has 3 rings (SSSR count). The van der Waals surface area contributed by atoms with Crippen molar-refractivity contribution in [2.45, 2.75) is 0 Å². The van der Waals surface area contributed by atoms with Gasteiger partial charge in [0.2, 0.25) is 0 Å². The third-order valence-electron chi connectivity index (χ3n) is 2.60. The summed E-state index contributed by atoms with van der Waals surface area (Å²) in [6, 6.07) is 6.42. The molecule has 0 radical (unpaired) electrons. The molecule has 0 atom stereocenters. The van der Waals surface area contributed by atoms with Crippen molar-refractivity contribution in [1.82, 2.24) is 9.97 Å². The number of aromatic nitrogens is 2. The van der Waals surface area contributed by atoms with E-state index < -0.39 is 11.7 Å². The number of amides is 1. The molecular weight excluding hydrogens is 279 g/mol. The summed E-state index contributed by atoms with van der Waals surface area (Å²) in [7, 11) is 0. The van der Waals surface area contributed by atoms with Crippen molar-refractivity contribution in [2.75, 3.05) is 11.1 Å². The minimum Gasteiger partial charge on any atom is -0.399 e. The summed E-state index contributed by atoms with van der Waals surface area (Å²) >= 11 is 1.30. The molecule has 20 heavy (non-hydrogen) atoms. The first-order valence-corrected chi connectivity index (χ1v) is 6.51. The second-order valence-electron chi connectivity index (χ2n) is 4.09. The van der Waals surface area contributed by atoms with Crippen molar-refractivity contribution >= 4 is 38.3 Å². The number of carbonyl (C=O) groups excluding carboxylic acids is 1. The maximum Gasteiger partial charge on any atom is 0.259 e. The van der Waals surface area contributed by atoms with Gasteiger partial charge >= 0.3 is 0 Å². The SMILES string of the molecule is Nc1ccc2nc(NC(=O)c3cncc(F)c3)sc2c1. The van der Waals surface area contributed by atoms with E-state index in [-0.39, 0.29) is 5.56 Å². The van der Waals surface area contributed by atoms with Gasteiger partial charge in [0, 0.05) is 11.9 Å². The molecule has 0 bridgehead atoms. The fraction of sp³-hybridized carbons (Fsp3) is 0. The highest BCUT2D eigenvalue weighted by Gasteiger charge is 2.11. The largest absolute Gasteiger partial charge is 0.399 e. The number of carbonyl (C=O) groups is 1. The van der Waals surface area contributed by atoms with Gasteiger partial charge in [-0.05, 0) is 24.3 Å². The van der Waals surface area contributed by atoms with Crippen molar-refractivity contribution in [2.24, 2.45) is 0 Å². The number of pyridine rings is 1. The van der Waals surface area contributed by atoms with Gasteiger partial charge in [-0.25, -0.2) is 9.37 Å². The Morgan fingerprint density at radius 2 is 2.15 bits per heavy atom. The van der Waals surface area contributed by atoms with Gasteiger partial charge in [0.1, 0.15) is 5.82 Å². The van der Waals surface area contributed by atoms with Crippen LogP contribution >= 0.6 is 11.3 Å². The summed E-state index contributed by atoms with van der Waals surface area (Å²) < 4.78 is 13.9. The number of anilines is 2. The molecule has 0 aliphatic carbocycles. The number of benzene rings is 1. The Hall–Kier alpha value is -2.54. The molecule has 5 nitrogen and oxygen atoms in total. The van der Waals surface area contributed by atoms with Gasteiger partial charge in [-0.3, -0.25) is 15.1 Å². The number of nitrogen functional groups attached to an aromatic ring is 1. The van der Waals surface area contributed by atoms with Crippen LogP contribution in [0.15, 0.2) is 36.7 Å². The molecule has 3 aromatic rings. The molecule has 0 aliphatic rings. The van der Waals surface area contributed by atoms with Crippen LogP contribution in [0.2, 0.25) is 0 Å². The van der Waals surface area contributed by atoms with Gasteiger partial charge in [-0.15, -0.1) is 0 Å². The van der Waals surface area contributed by atoms with E-state index in [2.05, 4.69) is 15.3 Å². The van der Waals surface area contributed by atoms with Gasteiger partial charge < -0.3 is 5.73 Å². The highest BCUT2D eigenvalue weighted by atomic mass is 32.1. The van der Waals surface area contributed by atoms with Gasteiger partial charge in [0.15, 0.2) is 5.13 Å². The highest BCUT2D eigenvalue weighted by Crippen LogP contribution is 2.27. The molecular formula is C13H9FN4OS. The van der Waals surface area contributed by atoms with Crippen molar-refractivity contribution in [3.05, 3.63) is 48.0 Å². The number of nitrogens with two attached hydrogens (primary N) is 1. The van der Waals surface area contributed by atoms with Crippen LogP contribution in [0.1, 0.15) is 10.4 Å². The zero-order valence-corrected chi connectivity index (χ0v) is 10.9. The van der Waals surface area contributed by atoms with Crippen molar-refractivity contribution in [1.29, 1.82) is 0 Å². The molecule has 1 amide bonds. The number of thiazole rings is 1. The first-order chi connectivity index (χ1) is 9.61. The topological polar surface area (TPSA) is 80.9 Å². The molecule has 0 saturated heterocycles. The second-order valence-corrected chi connectivity index (χ2v) is 5.12. The summed E-state index contributed by atoms with van der Waals surface area (Å²) in [5.74, 6) is -1.02. The number of fused-ring (bicyclic) bond motifs is 1. The Morgan fingerprint density at radius 3 is 2.95 bits per heavy atom. The number of halogens is 1. The summed E-state index contributed by atoms with van der Waals surface area (Å²) in [5, 5.41) is 3.05. The molecule has 2 heterocycles. The van der Waals surface area contributed by atoms with Crippen LogP contribution in [0.5, 0.6) is 0 Å². The first-order valence-electron chi connectivity index (χ1n) is 5.70. The van der Waals surface area contributed by atoms with Gasteiger partial charge in [-0.2, -0.15) is 0 Å². The van der Waals surface area contributed by atoms with Crippen LogP contribution in [0, 0.1) is 5.82 Å². The molecule has 2 aromatic heterocycles. The molecule has 0 saturated carbocycles. The lowest BCUT2D eigenvalue weighted by Crippen LogP contribution is -2.12. The molecule has 0 spiro atoms. The third-order valence-corrected chi connectivity index (χ3v) is 3.53. The summed E-state index contributed by atoms with van der Waals surface area (Å²) in [6.07, 6.45) is 2.33. The van der Waals surface area contributed by atoms with E-state index in [4.69, 9.17) is 5.73 Å². The predicted octanol–water partition coefficient (Wildman–Crippen LogP) is 2.66. The fourth-order valence-electron chi connectivity index (χ4n) is 1.70. The number of nitrogens with one attached hydrogen (secondary N) is 1. The molecule has 0 aliphatic heterocycles. The molecule has 100 valence electrons. The Morgan fingerprint density at radius 1 is 1.30 bits per heavy atom. The van der Waals surface area contributed by atoms with E-state index in [0.29, 0.717) is 10.8 Å².